The number of allylic oxidation sites excluding steroid dienone is 4. The topological polar surface area (TPSA) is 80.0 Å². The van der Waals surface area contributed by atoms with Crippen LogP contribution >= 0.6 is 0 Å². The summed E-state index contributed by atoms with van der Waals surface area (Å²) < 4.78 is 0. The Morgan fingerprint density at radius 2 is 2.22 bits per heavy atom. The number of aromatic nitrogens is 1. The second-order valence-corrected chi connectivity index (χ2v) is 7.10. The molecule has 0 saturated carbocycles. The Kier molecular flexibility index (Phi) is 4.67. The number of hydrogen-bond donors (Lipinski definition) is 3. The summed E-state index contributed by atoms with van der Waals surface area (Å²) in [5.74, 6) is -0.403. The average molecular weight is 360 g/mol. The summed E-state index contributed by atoms with van der Waals surface area (Å²) >= 11 is 0. The molecule has 5 nitrogen and oxygen atoms in total. The van der Waals surface area contributed by atoms with Gasteiger partial charge in [0.25, 0.3) is 0 Å². The summed E-state index contributed by atoms with van der Waals surface area (Å²) in [4.78, 5) is 16.4. The molecule has 1 atom stereocenters. The van der Waals surface area contributed by atoms with Crippen molar-refractivity contribution in [2.24, 2.45) is 5.73 Å². The highest BCUT2D eigenvalue weighted by Crippen LogP contribution is 2.32. The highest BCUT2D eigenvalue weighted by atomic mass is 16.1. The van der Waals surface area contributed by atoms with Gasteiger partial charge in [0.1, 0.15) is 0 Å². The van der Waals surface area contributed by atoms with Gasteiger partial charge in [-0.2, -0.15) is 0 Å². The predicted molar refractivity (Wildman–Crippen MR) is 106 cm³/mol. The van der Waals surface area contributed by atoms with Crippen molar-refractivity contribution in [2.45, 2.75) is 32.2 Å². The molecule has 1 fully saturated rings. The minimum Gasteiger partial charge on any atom is -0.388 e. The molecule has 27 heavy (non-hydrogen) atoms. The zero-order chi connectivity index (χ0) is 18.8. The lowest BCUT2D eigenvalue weighted by Gasteiger charge is -2.27. The molecule has 1 aromatic rings. The molecule has 1 saturated heterocycles. The monoisotopic (exact) mass is 360 g/mol. The van der Waals surface area contributed by atoms with Crippen LogP contribution in [0.2, 0.25) is 0 Å². The van der Waals surface area contributed by atoms with E-state index in [1.807, 2.05) is 31.3 Å². The number of aryl methyl sites for hydroxylation is 1. The van der Waals surface area contributed by atoms with E-state index in [9.17, 15) is 4.79 Å². The lowest BCUT2D eigenvalue weighted by Crippen LogP contribution is -2.31. The van der Waals surface area contributed by atoms with E-state index in [0.29, 0.717) is 5.57 Å². The van der Waals surface area contributed by atoms with E-state index >= 15 is 0 Å². The van der Waals surface area contributed by atoms with Crippen molar-refractivity contribution in [3.63, 3.8) is 0 Å². The largest absolute Gasteiger partial charge is 0.388 e. The standard InChI is InChI=1S/C22H24N4O/c1-14-4-2-5-16(26-14)13-19(20-6-3-10-24-20)17-9-11-25-21-8-7-15(22(23)27)12-18(17)21/h2,4-5,7-9,11-12,21,24-25H,3,6,10,13H2,1H3,(H2,23,27)/b20-19+. The van der Waals surface area contributed by atoms with Crippen molar-refractivity contribution >= 4 is 5.91 Å². The number of rotatable bonds is 4. The number of carbonyl (C=O) groups excluding carboxylic acids is 1. The van der Waals surface area contributed by atoms with E-state index in [0.717, 1.165) is 48.3 Å². The van der Waals surface area contributed by atoms with Gasteiger partial charge in [-0.15, -0.1) is 0 Å². The van der Waals surface area contributed by atoms with Crippen LogP contribution in [0.5, 0.6) is 0 Å². The van der Waals surface area contributed by atoms with Crippen molar-refractivity contribution in [2.75, 3.05) is 6.54 Å². The Hall–Kier alpha value is -3.08. The summed E-state index contributed by atoms with van der Waals surface area (Å²) in [6, 6.07) is 6.19. The Balaban J connectivity index is 1.82. The first-order valence-electron chi connectivity index (χ1n) is 9.37. The number of fused-ring (bicyclic) bond motifs is 1. The van der Waals surface area contributed by atoms with Crippen LogP contribution in [-0.4, -0.2) is 23.5 Å². The Morgan fingerprint density at radius 3 is 2.96 bits per heavy atom. The van der Waals surface area contributed by atoms with E-state index in [1.54, 1.807) is 6.08 Å². The quantitative estimate of drug-likeness (QED) is 0.770. The molecule has 2 aliphatic heterocycles. The molecule has 4 rings (SSSR count). The van der Waals surface area contributed by atoms with Gasteiger partial charge in [0.05, 0.1) is 6.04 Å². The molecule has 1 amide bonds. The number of nitrogens with two attached hydrogens (primary N) is 1. The first-order valence-corrected chi connectivity index (χ1v) is 9.37. The van der Waals surface area contributed by atoms with Crippen LogP contribution in [0, 0.1) is 6.92 Å². The van der Waals surface area contributed by atoms with Gasteiger partial charge in [-0.05, 0) is 67.0 Å². The van der Waals surface area contributed by atoms with E-state index in [2.05, 4.69) is 28.8 Å². The Morgan fingerprint density at radius 1 is 1.33 bits per heavy atom. The third kappa shape index (κ3) is 3.58. The molecule has 0 aromatic carbocycles. The maximum atomic E-state index is 11.7. The third-order valence-corrected chi connectivity index (χ3v) is 5.17. The number of primary amides is 1. The fourth-order valence-corrected chi connectivity index (χ4v) is 3.85. The maximum Gasteiger partial charge on any atom is 0.248 e. The summed E-state index contributed by atoms with van der Waals surface area (Å²) in [5, 5.41) is 6.90. The SMILES string of the molecule is Cc1cccc(C/C(C2=C3C=C(C(N)=O)C=CC3NC=C2)=C2/CCCN2)n1. The van der Waals surface area contributed by atoms with E-state index < -0.39 is 5.91 Å². The molecule has 138 valence electrons. The van der Waals surface area contributed by atoms with Gasteiger partial charge in [0, 0.05) is 35.6 Å². The van der Waals surface area contributed by atoms with Crippen LogP contribution in [0.1, 0.15) is 24.2 Å². The van der Waals surface area contributed by atoms with Crippen LogP contribution in [0.3, 0.4) is 0 Å². The normalized spacial score (nSPS) is 22.7. The molecule has 0 bridgehead atoms. The van der Waals surface area contributed by atoms with Crippen molar-refractivity contribution in [3.8, 4) is 0 Å². The summed E-state index contributed by atoms with van der Waals surface area (Å²) in [7, 11) is 0. The molecule has 0 radical (unpaired) electrons. The van der Waals surface area contributed by atoms with Gasteiger partial charge in [0.2, 0.25) is 5.91 Å². The van der Waals surface area contributed by atoms with Crippen LogP contribution in [-0.2, 0) is 11.2 Å². The fourth-order valence-electron chi connectivity index (χ4n) is 3.85. The van der Waals surface area contributed by atoms with Gasteiger partial charge < -0.3 is 16.4 Å². The highest BCUT2D eigenvalue weighted by molar-refractivity contribution is 5.96. The number of nitrogens with one attached hydrogen (secondary N) is 2. The summed E-state index contributed by atoms with van der Waals surface area (Å²) in [6.45, 7) is 3.01. The van der Waals surface area contributed by atoms with Gasteiger partial charge >= 0.3 is 0 Å². The number of pyridine rings is 1. The first-order chi connectivity index (χ1) is 13.1. The highest BCUT2D eigenvalue weighted by Gasteiger charge is 2.25. The molecular weight excluding hydrogens is 336 g/mol. The first kappa shape index (κ1) is 17.3. The minimum atomic E-state index is -0.403. The van der Waals surface area contributed by atoms with E-state index in [4.69, 9.17) is 10.7 Å². The average Bonchev–Trinajstić information content (AvgIpc) is 3.20. The smallest absolute Gasteiger partial charge is 0.248 e. The Labute approximate surface area is 159 Å². The van der Waals surface area contributed by atoms with Gasteiger partial charge in [0.15, 0.2) is 0 Å². The molecule has 5 heteroatoms. The van der Waals surface area contributed by atoms with Crippen molar-refractivity contribution < 1.29 is 4.79 Å². The number of carbonyl (C=O) groups is 1. The van der Waals surface area contributed by atoms with Crippen LogP contribution in [0.15, 0.2) is 76.7 Å². The maximum absolute atomic E-state index is 11.7. The molecular formula is C22H24N4O. The molecule has 0 spiro atoms. The van der Waals surface area contributed by atoms with E-state index in [1.165, 1.54) is 11.3 Å². The minimum absolute atomic E-state index is 0.0515. The molecule has 4 N–H and O–H groups in total. The number of dihydropyridines is 1. The zero-order valence-electron chi connectivity index (χ0n) is 15.5. The molecule has 1 aromatic heterocycles. The molecule has 3 heterocycles. The zero-order valence-corrected chi connectivity index (χ0v) is 15.5. The number of nitrogens with zero attached hydrogens (tertiary/aromatic N) is 1. The molecule has 1 aliphatic carbocycles. The fraction of sp³-hybridized carbons (Fsp3) is 0.273. The van der Waals surface area contributed by atoms with Crippen molar-refractivity contribution in [3.05, 3.63) is 88.1 Å². The lowest BCUT2D eigenvalue weighted by atomic mass is 9.85. The number of amides is 1. The van der Waals surface area contributed by atoms with Crippen LogP contribution in [0.4, 0.5) is 0 Å². The van der Waals surface area contributed by atoms with Crippen LogP contribution in [0.25, 0.3) is 0 Å². The number of hydrogen-bond acceptors (Lipinski definition) is 4. The van der Waals surface area contributed by atoms with E-state index in [-0.39, 0.29) is 6.04 Å². The van der Waals surface area contributed by atoms with Gasteiger partial charge in [-0.25, -0.2) is 0 Å². The van der Waals surface area contributed by atoms with Crippen LogP contribution < -0.4 is 16.4 Å². The summed E-state index contributed by atoms with van der Waals surface area (Å²) in [6.07, 6.45) is 12.7. The lowest BCUT2D eigenvalue weighted by molar-refractivity contribution is -0.114. The van der Waals surface area contributed by atoms with Crippen molar-refractivity contribution in [1.29, 1.82) is 0 Å². The third-order valence-electron chi connectivity index (χ3n) is 5.17. The molecule has 3 aliphatic rings. The Bertz CT molecular complexity index is 925. The van der Waals surface area contributed by atoms with Crippen molar-refractivity contribution in [1.82, 2.24) is 15.6 Å². The predicted octanol–water partition coefficient (Wildman–Crippen LogP) is 2.33. The second-order valence-electron chi connectivity index (χ2n) is 7.10. The second kappa shape index (κ2) is 7.27. The van der Waals surface area contributed by atoms with Gasteiger partial charge in [-0.1, -0.05) is 18.2 Å². The van der Waals surface area contributed by atoms with Gasteiger partial charge in [-0.3, -0.25) is 9.78 Å². The summed E-state index contributed by atoms with van der Waals surface area (Å²) in [5.41, 5.74) is 12.9. The molecule has 1 unspecified atom stereocenters.